The van der Waals surface area contributed by atoms with Crippen molar-refractivity contribution in [1.82, 2.24) is 4.31 Å². The monoisotopic (exact) mass is 376 g/mol. The van der Waals surface area contributed by atoms with Gasteiger partial charge in [0, 0.05) is 31.6 Å². The summed E-state index contributed by atoms with van der Waals surface area (Å²) in [6, 6.07) is 15.1. The largest absolute Gasteiger partial charge is 0.491 e. The van der Waals surface area contributed by atoms with E-state index in [1.165, 1.54) is 10.6 Å². The van der Waals surface area contributed by atoms with Gasteiger partial charge in [-0.2, -0.15) is 4.31 Å². The Bertz CT molecular complexity index is 840. The Labute approximate surface area is 154 Å². The standard InChI is InChI=1S/C19H24N2O4S/c1-26(23,24)21(14-15-6-3-2-4-7-15)12-11-20-17-9-5-8-16-18(22)10-13-25-19(16)17/h2-9,18,20,22H,10-14H2,1H3. The van der Waals surface area contributed by atoms with Gasteiger partial charge in [0.05, 0.1) is 24.7 Å². The Hall–Kier alpha value is -2.09. The Morgan fingerprint density at radius 1 is 1.19 bits per heavy atom. The van der Waals surface area contributed by atoms with Gasteiger partial charge in [0.15, 0.2) is 0 Å². The lowest BCUT2D eigenvalue weighted by molar-refractivity contribution is 0.116. The van der Waals surface area contributed by atoms with E-state index in [0.29, 0.717) is 38.4 Å². The van der Waals surface area contributed by atoms with Gasteiger partial charge in [-0.3, -0.25) is 0 Å². The number of nitrogens with one attached hydrogen (secondary N) is 1. The number of benzene rings is 2. The maximum absolute atomic E-state index is 12.1. The van der Waals surface area contributed by atoms with Crippen molar-refractivity contribution >= 4 is 15.7 Å². The van der Waals surface area contributed by atoms with Gasteiger partial charge in [0.1, 0.15) is 5.75 Å². The second-order valence-electron chi connectivity index (χ2n) is 6.39. The fourth-order valence-corrected chi connectivity index (χ4v) is 3.82. The third-order valence-electron chi connectivity index (χ3n) is 4.39. The fourth-order valence-electron chi connectivity index (χ4n) is 3.01. The Kier molecular flexibility index (Phi) is 5.80. The molecule has 0 amide bonds. The van der Waals surface area contributed by atoms with Crippen LogP contribution in [0.5, 0.6) is 5.75 Å². The molecule has 0 bridgehead atoms. The predicted octanol–water partition coefficient (Wildman–Crippen LogP) is 2.38. The van der Waals surface area contributed by atoms with Crippen LogP contribution in [-0.4, -0.2) is 43.8 Å². The number of hydrogen-bond donors (Lipinski definition) is 2. The first-order valence-electron chi connectivity index (χ1n) is 8.62. The van der Waals surface area contributed by atoms with E-state index in [2.05, 4.69) is 5.32 Å². The zero-order valence-corrected chi connectivity index (χ0v) is 15.6. The summed E-state index contributed by atoms with van der Waals surface area (Å²) >= 11 is 0. The van der Waals surface area contributed by atoms with Gasteiger partial charge >= 0.3 is 0 Å². The van der Waals surface area contributed by atoms with Crippen LogP contribution in [0.2, 0.25) is 0 Å². The zero-order valence-electron chi connectivity index (χ0n) is 14.8. The van der Waals surface area contributed by atoms with Crippen LogP contribution < -0.4 is 10.1 Å². The average Bonchev–Trinajstić information content (AvgIpc) is 2.62. The number of nitrogens with zero attached hydrogens (tertiary/aromatic N) is 1. The highest BCUT2D eigenvalue weighted by Gasteiger charge is 2.22. The van der Waals surface area contributed by atoms with Crippen LogP contribution in [0.25, 0.3) is 0 Å². The third kappa shape index (κ3) is 4.55. The van der Waals surface area contributed by atoms with Gasteiger partial charge in [-0.1, -0.05) is 42.5 Å². The highest BCUT2D eigenvalue weighted by atomic mass is 32.2. The van der Waals surface area contributed by atoms with Gasteiger partial charge in [0.2, 0.25) is 10.0 Å². The molecule has 1 atom stereocenters. The number of aliphatic hydroxyl groups excluding tert-OH is 1. The Morgan fingerprint density at radius 3 is 2.69 bits per heavy atom. The third-order valence-corrected chi connectivity index (χ3v) is 5.64. The molecule has 6 nitrogen and oxygen atoms in total. The SMILES string of the molecule is CS(=O)(=O)N(CCNc1cccc2c1OCCC2O)Cc1ccccc1. The number of rotatable bonds is 7. The highest BCUT2D eigenvalue weighted by molar-refractivity contribution is 7.88. The van der Waals surface area contributed by atoms with Crippen molar-refractivity contribution < 1.29 is 18.3 Å². The summed E-state index contributed by atoms with van der Waals surface area (Å²) in [4.78, 5) is 0. The summed E-state index contributed by atoms with van der Waals surface area (Å²) in [5.41, 5.74) is 2.49. The van der Waals surface area contributed by atoms with Crippen LogP contribution in [0, 0.1) is 0 Å². The van der Waals surface area contributed by atoms with Gasteiger partial charge in [-0.25, -0.2) is 8.42 Å². The van der Waals surface area contributed by atoms with E-state index in [9.17, 15) is 13.5 Å². The predicted molar refractivity (Wildman–Crippen MR) is 102 cm³/mol. The topological polar surface area (TPSA) is 78.9 Å². The van der Waals surface area contributed by atoms with Crippen LogP contribution in [0.1, 0.15) is 23.7 Å². The summed E-state index contributed by atoms with van der Waals surface area (Å²) in [7, 11) is -3.32. The van der Waals surface area contributed by atoms with Gasteiger partial charge in [0.25, 0.3) is 0 Å². The minimum absolute atomic E-state index is 0.333. The zero-order chi connectivity index (χ0) is 18.6. The molecule has 0 fully saturated rings. The number of ether oxygens (including phenoxy) is 1. The summed E-state index contributed by atoms with van der Waals surface area (Å²) in [6.07, 6.45) is 1.28. The number of fused-ring (bicyclic) bond motifs is 1. The van der Waals surface area contributed by atoms with E-state index in [0.717, 1.165) is 16.8 Å². The van der Waals surface area contributed by atoms with Crippen molar-refractivity contribution in [2.75, 3.05) is 31.3 Å². The van der Waals surface area contributed by atoms with Gasteiger partial charge < -0.3 is 15.2 Å². The molecule has 26 heavy (non-hydrogen) atoms. The first-order chi connectivity index (χ1) is 12.4. The molecule has 1 aliphatic rings. The highest BCUT2D eigenvalue weighted by Crippen LogP contribution is 2.37. The molecule has 1 unspecified atom stereocenters. The fraction of sp³-hybridized carbons (Fsp3) is 0.368. The second kappa shape index (κ2) is 8.07. The maximum atomic E-state index is 12.1. The lowest BCUT2D eigenvalue weighted by atomic mass is 10.0. The van der Waals surface area contributed by atoms with Crippen LogP contribution >= 0.6 is 0 Å². The van der Waals surface area contributed by atoms with Crippen molar-refractivity contribution in [3.63, 3.8) is 0 Å². The van der Waals surface area contributed by atoms with E-state index < -0.39 is 16.1 Å². The summed E-state index contributed by atoms with van der Waals surface area (Å²) < 4.78 is 31.3. The van der Waals surface area contributed by atoms with Crippen molar-refractivity contribution in [1.29, 1.82) is 0 Å². The Morgan fingerprint density at radius 2 is 1.96 bits per heavy atom. The van der Waals surface area contributed by atoms with E-state index >= 15 is 0 Å². The summed E-state index contributed by atoms with van der Waals surface area (Å²) in [5.74, 6) is 0.653. The smallest absolute Gasteiger partial charge is 0.211 e. The lowest BCUT2D eigenvalue weighted by Gasteiger charge is -2.25. The molecule has 140 valence electrons. The molecule has 0 spiro atoms. The lowest BCUT2D eigenvalue weighted by Crippen LogP contribution is -2.33. The molecule has 0 aliphatic carbocycles. The van der Waals surface area contributed by atoms with Crippen molar-refractivity contribution in [2.24, 2.45) is 0 Å². The molecule has 2 N–H and O–H groups in total. The molecule has 2 aromatic carbocycles. The van der Waals surface area contributed by atoms with Gasteiger partial charge in [-0.05, 0) is 11.6 Å². The average molecular weight is 376 g/mol. The van der Waals surface area contributed by atoms with Crippen molar-refractivity contribution in [3.05, 3.63) is 59.7 Å². The van der Waals surface area contributed by atoms with Crippen molar-refractivity contribution in [3.8, 4) is 5.75 Å². The van der Waals surface area contributed by atoms with Gasteiger partial charge in [-0.15, -0.1) is 0 Å². The number of aliphatic hydroxyl groups is 1. The van der Waals surface area contributed by atoms with Crippen LogP contribution in [-0.2, 0) is 16.6 Å². The molecule has 2 aromatic rings. The van der Waals surface area contributed by atoms with Crippen LogP contribution in [0.3, 0.4) is 0 Å². The number of sulfonamides is 1. The molecule has 1 aliphatic heterocycles. The van der Waals surface area contributed by atoms with E-state index in [-0.39, 0.29) is 0 Å². The van der Waals surface area contributed by atoms with Crippen molar-refractivity contribution in [2.45, 2.75) is 19.1 Å². The molecular formula is C19H24N2O4S. The first-order valence-corrected chi connectivity index (χ1v) is 10.5. The molecule has 7 heteroatoms. The van der Waals surface area contributed by atoms with E-state index in [4.69, 9.17) is 4.74 Å². The minimum Gasteiger partial charge on any atom is -0.491 e. The minimum atomic E-state index is -3.32. The van der Waals surface area contributed by atoms with E-state index in [1.807, 2.05) is 48.5 Å². The summed E-state index contributed by atoms with van der Waals surface area (Å²) in [5, 5.41) is 13.3. The van der Waals surface area contributed by atoms with Crippen LogP contribution in [0.4, 0.5) is 5.69 Å². The number of anilines is 1. The Balaban J connectivity index is 1.66. The first kappa shape index (κ1) is 18.7. The summed E-state index contributed by atoms with van der Waals surface area (Å²) in [6.45, 7) is 1.58. The van der Waals surface area contributed by atoms with Crippen LogP contribution in [0.15, 0.2) is 48.5 Å². The van der Waals surface area contributed by atoms with E-state index in [1.54, 1.807) is 0 Å². The quantitative estimate of drug-likeness (QED) is 0.776. The molecule has 1 heterocycles. The molecule has 3 rings (SSSR count). The molecule has 0 radical (unpaired) electrons. The second-order valence-corrected chi connectivity index (χ2v) is 8.37. The molecule has 0 saturated carbocycles. The number of hydrogen-bond acceptors (Lipinski definition) is 5. The molecular weight excluding hydrogens is 352 g/mol. The molecule has 0 aromatic heterocycles. The molecule has 0 saturated heterocycles. The normalized spacial score (nSPS) is 16.8. The number of para-hydroxylation sites is 1. The maximum Gasteiger partial charge on any atom is 0.211 e.